The molecular weight excluding hydrogens is 360 g/mol. The number of nitrogens with zero attached hydrogens (tertiary/aromatic N) is 1. The number of rotatable bonds is 4. The molecule has 5 nitrogen and oxygen atoms in total. The summed E-state index contributed by atoms with van der Waals surface area (Å²) in [6.45, 7) is 6.56. The number of ether oxygens (including phenoxy) is 2. The van der Waals surface area contributed by atoms with Crippen molar-refractivity contribution in [2.24, 2.45) is 5.92 Å². The Morgan fingerprint density at radius 1 is 1.48 bits per heavy atom. The van der Waals surface area contributed by atoms with E-state index < -0.39 is 11.2 Å². The molecule has 0 amide bonds. The van der Waals surface area contributed by atoms with Crippen LogP contribution in [0.3, 0.4) is 0 Å². The smallest absolute Gasteiger partial charge is 0.332 e. The van der Waals surface area contributed by atoms with Crippen LogP contribution in [0, 0.1) is 5.92 Å². The molecule has 6 heteroatoms. The first-order valence-electron chi connectivity index (χ1n) is 8.00. The second-order valence-electron chi connectivity index (χ2n) is 7.40. The molecule has 1 saturated heterocycles. The molecule has 1 aromatic heterocycles. The van der Waals surface area contributed by atoms with Crippen LogP contribution in [-0.4, -0.2) is 35.7 Å². The van der Waals surface area contributed by atoms with E-state index in [4.69, 9.17) is 9.47 Å². The largest absolute Gasteiger partial charge is 0.458 e. The summed E-state index contributed by atoms with van der Waals surface area (Å²) < 4.78 is 12.3. The average Bonchev–Trinajstić information content (AvgIpc) is 3.05. The van der Waals surface area contributed by atoms with Gasteiger partial charge in [-0.2, -0.15) is 0 Å². The van der Waals surface area contributed by atoms with Crippen LogP contribution in [0.25, 0.3) is 0 Å². The summed E-state index contributed by atoms with van der Waals surface area (Å²) in [4.78, 5) is 16.4. The summed E-state index contributed by atoms with van der Waals surface area (Å²) in [5.41, 5.74) is 0.0247. The lowest BCUT2D eigenvalue weighted by Crippen LogP contribution is -2.49. The van der Waals surface area contributed by atoms with Crippen molar-refractivity contribution >= 4 is 21.9 Å². The van der Waals surface area contributed by atoms with E-state index in [1.165, 1.54) is 0 Å². The Kier molecular flexibility index (Phi) is 4.51. The SMILES string of the molecule is CC(C)(C)OC(=O)COC1(c2ccc(Br)nc2)CC2CNC1C2. The van der Waals surface area contributed by atoms with E-state index in [1.807, 2.05) is 39.1 Å². The molecule has 3 unspecified atom stereocenters. The fraction of sp³-hybridized carbons (Fsp3) is 0.647. The molecule has 3 atom stereocenters. The molecule has 1 aliphatic heterocycles. The molecule has 1 aromatic rings. The number of carbonyl (C=O) groups is 1. The highest BCUT2D eigenvalue weighted by Crippen LogP contribution is 2.48. The Labute approximate surface area is 145 Å². The third-order valence-electron chi connectivity index (χ3n) is 4.46. The minimum absolute atomic E-state index is 0.0434. The molecule has 0 spiro atoms. The Morgan fingerprint density at radius 3 is 2.78 bits per heavy atom. The highest BCUT2D eigenvalue weighted by Gasteiger charge is 2.53. The molecular formula is C17H23BrN2O3. The molecule has 23 heavy (non-hydrogen) atoms. The summed E-state index contributed by atoms with van der Waals surface area (Å²) >= 11 is 3.37. The normalized spacial score (nSPS) is 29.7. The maximum Gasteiger partial charge on any atom is 0.332 e. The van der Waals surface area contributed by atoms with Gasteiger partial charge in [0.15, 0.2) is 0 Å². The number of pyridine rings is 1. The quantitative estimate of drug-likeness (QED) is 0.640. The van der Waals surface area contributed by atoms with Crippen LogP contribution >= 0.6 is 15.9 Å². The second-order valence-corrected chi connectivity index (χ2v) is 8.21. The molecule has 0 aromatic carbocycles. The molecule has 2 bridgehead atoms. The number of nitrogens with one attached hydrogen (secondary N) is 1. The van der Waals surface area contributed by atoms with Crippen LogP contribution in [0.4, 0.5) is 0 Å². The molecule has 1 aliphatic carbocycles. The Morgan fingerprint density at radius 2 is 2.26 bits per heavy atom. The van der Waals surface area contributed by atoms with Gasteiger partial charge in [0.2, 0.25) is 0 Å². The lowest BCUT2D eigenvalue weighted by atomic mass is 9.87. The van der Waals surface area contributed by atoms with E-state index in [0.717, 1.165) is 29.6 Å². The molecule has 2 aliphatic rings. The zero-order chi connectivity index (χ0) is 16.7. The first-order chi connectivity index (χ1) is 10.8. The van der Waals surface area contributed by atoms with Gasteiger partial charge in [-0.1, -0.05) is 6.07 Å². The molecule has 1 saturated carbocycles. The minimum atomic E-state index is -0.500. The maximum absolute atomic E-state index is 12.1. The van der Waals surface area contributed by atoms with Crippen LogP contribution in [0.15, 0.2) is 22.9 Å². The number of halogens is 1. The van der Waals surface area contributed by atoms with Crippen molar-refractivity contribution in [3.05, 3.63) is 28.5 Å². The Balaban J connectivity index is 1.78. The zero-order valence-electron chi connectivity index (χ0n) is 13.8. The van der Waals surface area contributed by atoms with Gasteiger partial charge in [-0.05, 0) is 68.1 Å². The zero-order valence-corrected chi connectivity index (χ0v) is 15.4. The first kappa shape index (κ1) is 16.9. The van der Waals surface area contributed by atoms with Crippen molar-refractivity contribution in [1.29, 1.82) is 0 Å². The van der Waals surface area contributed by atoms with E-state index >= 15 is 0 Å². The average molecular weight is 383 g/mol. The summed E-state index contributed by atoms with van der Waals surface area (Å²) in [6, 6.07) is 4.16. The van der Waals surface area contributed by atoms with Crippen LogP contribution in [0.1, 0.15) is 39.2 Å². The van der Waals surface area contributed by atoms with Gasteiger partial charge < -0.3 is 14.8 Å². The van der Waals surface area contributed by atoms with Crippen LogP contribution in [0.2, 0.25) is 0 Å². The van der Waals surface area contributed by atoms with Crippen LogP contribution in [0.5, 0.6) is 0 Å². The van der Waals surface area contributed by atoms with Gasteiger partial charge in [0.25, 0.3) is 0 Å². The van der Waals surface area contributed by atoms with E-state index in [2.05, 4.69) is 26.2 Å². The first-order valence-corrected chi connectivity index (χ1v) is 8.79. The van der Waals surface area contributed by atoms with E-state index in [0.29, 0.717) is 5.92 Å². The van der Waals surface area contributed by atoms with Crippen LogP contribution < -0.4 is 5.32 Å². The lowest BCUT2D eigenvalue weighted by molar-refractivity contribution is -0.170. The number of carbonyl (C=O) groups excluding carboxylic acids is 1. The molecule has 3 rings (SSSR count). The number of esters is 1. The van der Waals surface area contributed by atoms with E-state index in [-0.39, 0.29) is 18.6 Å². The summed E-state index contributed by atoms with van der Waals surface area (Å²) in [6.07, 6.45) is 3.82. The van der Waals surface area contributed by atoms with Crippen molar-refractivity contribution in [2.45, 2.75) is 50.9 Å². The second kappa shape index (κ2) is 6.15. The highest BCUT2D eigenvalue weighted by atomic mass is 79.9. The summed E-state index contributed by atoms with van der Waals surface area (Å²) in [5, 5.41) is 3.52. The van der Waals surface area contributed by atoms with E-state index in [1.54, 1.807) is 0 Å². The number of fused-ring (bicyclic) bond motifs is 2. The Bertz CT molecular complexity index is 584. The van der Waals surface area contributed by atoms with Gasteiger partial charge in [0.1, 0.15) is 22.4 Å². The lowest BCUT2D eigenvalue weighted by Gasteiger charge is -2.38. The van der Waals surface area contributed by atoms with Crippen molar-refractivity contribution in [2.75, 3.05) is 13.2 Å². The Hall–Kier alpha value is -0.980. The van der Waals surface area contributed by atoms with Gasteiger partial charge in [-0.3, -0.25) is 0 Å². The monoisotopic (exact) mass is 382 g/mol. The van der Waals surface area contributed by atoms with Crippen molar-refractivity contribution in [3.8, 4) is 0 Å². The standard InChI is InChI=1S/C17H23BrN2O3/c1-16(2,3)23-15(21)10-22-17(7-11-6-13(17)19-8-11)12-4-5-14(18)20-9-12/h4-5,9,11,13,19H,6-8,10H2,1-3H3. The minimum Gasteiger partial charge on any atom is -0.458 e. The highest BCUT2D eigenvalue weighted by molar-refractivity contribution is 9.10. The van der Waals surface area contributed by atoms with Gasteiger partial charge in [0.05, 0.1) is 0 Å². The fourth-order valence-corrected chi connectivity index (χ4v) is 3.87. The van der Waals surface area contributed by atoms with Crippen LogP contribution in [-0.2, 0) is 19.9 Å². The van der Waals surface area contributed by atoms with Crippen molar-refractivity contribution < 1.29 is 14.3 Å². The molecule has 1 N–H and O–H groups in total. The predicted molar refractivity (Wildman–Crippen MR) is 89.9 cm³/mol. The van der Waals surface area contributed by atoms with Gasteiger partial charge in [-0.25, -0.2) is 9.78 Å². The maximum atomic E-state index is 12.1. The number of aromatic nitrogens is 1. The topological polar surface area (TPSA) is 60.5 Å². The summed E-state index contributed by atoms with van der Waals surface area (Å²) in [5.74, 6) is 0.256. The number of hydrogen-bond donors (Lipinski definition) is 1. The third kappa shape index (κ3) is 3.59. The molecule has 126 valence electrons. The van der Waals surface area contributed by atoms with Gasteiger partial charge in [0, 0.05) is 17.8 Å². The fourth-order valence-electron chi connectivity index (χ4n) is 3.64. The third-order valence-corrected chi connectivity index (χ3v) is 4.93. The van der Waals surface area contributed by atoms with Gasteiger partial charge >= 0.3 is 5.97 Å². The van der Waals surface area contributed by atoms with Crippen molar-refractivity contribution in [3.63, 3.8) is 0 Å². The van der Waals surface area contributed by atoms with Gasteiger partial charge in [-0.15, -0.1) is 0 Å². The summed E-state index contributed by atoms with van der Waals surface area (Å²) in [7, 11) is 0. The van der Waals surface area contributed by atoms with E-state index in [9.17, 15) is 4.79 Å². The molecule has 2 fully saturated rings. The molecule has 2 heterocycles. The number of piperidine rings is 1. The molecule has 0 radical (unpaired) electrons. The van der Waals surface area contributed by atoms with Crippen molar-refractivity contribution in [1.82, 2.24) is 10.3 Å². The number of hydrogen-bond acceptors (Lipinski definition) is 5. The predicted octanol–water partition coefficient (Wildman–Crippen LogP) is 2.78.